The monoisotopic (exact) mass is 494 g/mol. The van der Waals surface area contributed by atoms with E-state index in [2.05, 4.69) is 10.6 Å². The van der Waals surface area contributed by atoms with E-state index in [4.69, 9.17) is 4.74 Å². The van der Waals surface area contributed by atoms with E-state index in [1.165, 1.54) is 36.7 Å². The zero-order valence-electron chi connectivity index (χ0n) is 19.4. The van der Waals surface area contributed by atoms with Gasteiger partial charge in [0.1, 0.15) is 10.6 Å². The quantitative estimate of drug-likeness (QED) is 0.500. The van der Waals surface area contributed by atoms with E-state index in [0.717, 1.165) is 5.56 Å². The van der Waals surface area contributed by atoms with Crippen LogP contribution in [0.1, 0.15) is 15.9 Å². The molecule has 1 fully saturated rings. The Kier molecular flexibility index (Phi) is 7.04. The molecule has 0 atom stereocenters. The molecule has 3 aromatic carbocycles. The van der Waals surface area contributed by atoms with Crippen LogP contribution >= 0.6 is 0 Å². The highest BCUT2D eigenvalue weighted by molar-refractivity contribution is 7.89. The summed E-state index contributed by atoms with van der Waals surface area (Å²) in [6.07, 6.45) is 0. The number of urea groups is 1. The van der Waals surface area contributed by atoms with Gasteiger partial charge in [0, 0.05) is 43.6 Å². The van der Waals surface area contributed by atoms with E-state index in [-0.39, 0.29) is 28.8 Å². The first kappa shape index (κ1) is 24.2. The van der Waals surface area contributed by atoms with E-state index in [1.54, 1.807) is 29.2 Å². The van der Waals surface area contributed by atoms with Crippen LogP contribution in [0, 0.1) is 0 Å². The van der Waals surface area contributed by atoms with Crippen molar-refractivity contribution in [1.29, 1.82) is 0 Å². The molecular weight excluding hydrogens is 468 g/mol. The van der Waals surface area contributed by atoms with Crippen molar-refractivity contribution in [2.24, 2.45) is 0 Å². The standard InChI is InChI=1S/C25H26N4O5S/c1-28(17-18-7-4-3-5-8-18)35(32,33)23-15-19(11-12-22(23)34-2)24(30)27-20-9-6-10-21(16-20)29-14-13-26-25(29)31/h3-12,15-16H,13-14,17H2,1-2H3,(H,26,31)(H,27,30). The zero-order chi connectivity index (χ0) is 25.0. The molecule has 3 amide bonds. The number of rotatable bonds is 8. The number of ether oxygens (including phenoxy) is 1. The smallest absolute Gasteiger partial charge is 0.321 e. The van der Waals surface area contributed by atoms with Crippen molar-refractivity contribution in [2.75, 3.05) is 37.5 Å². The minimum absolute atomic E-state index is 0.103. The van der Waals surface area contributed by atoms with Gasteiger partial charge >= 0.3 is 6.03 Å². The van der Waals surface area contributed by atoms with Crippen LogP contribution in [0.15, 0.2) is 77.7 Å². The van der Waals surface area contributed by atoms with Gasteiger partial charge in [-0.3, -0.25) is 9.69 Å². The zero-order valence-corrected chi connectivity index (χ0v) is 20.2. The highest BCUT2D eigenvalue weighted by Gasteiger charge is 2.27. The van der Waals surface area contributed by atoms with Gasteiger partial charge in [-0.25, -0.2) is 13.2 Å². The number of sulfonamides is 1. The van der Waals surface area contributed by atoms with Crippen LogP contribution in [-0.4, -0.2) is 51.9 Å². The second kappa shape index (κ2) is 10.2. The van der Waals surface area contributed by atoms with Gasteiger partial charge in [0.05, 0.1) is 7.11 Å². The predicted molar refractivity (Wildman–Crippen MR) is 133 cm³/mol. The van der Waals surface area contributed by atoms with Crippen LogP contribution in [0.2, 0.25) is 0 Å². The largest absolute Gasteiger partial charge is 0.495 e. The van der Waals surface area contributed by atoms with Crippen molar-refractivity contribution in [3.05, 3.63) is 83.9 Å². The fourth-order valence-corrected chi connectivity index (χ4v) is 5.12. The maximum Gasteiger partial charge on any atom is 0.321 e. The van der Waals surface area contributed by atoms with Gasteiger partial charge in [-0.2, -0.15) is 4.31 Å². The molecule has 9 nitrogen and oxygen atoms in total. The number of carbonyl (C=O) groups is 2. The lowest BCUT2D eigenvalue weighted by Gasteiger charge is -2.20. The summed E-state index contributed by atoms with van der Waals surface area (Å²) in [6.45, 7) is 1.25. The average molecular weight is 495 g/mol. The summed E-state index contributed by atoms with van der Waals surface area (Å²) < 4.78 is 33.2. The van der Waals surface area contributed by atoms with E-state index >= 15 is 0 Å². The van der Waals surface area contributed by atoms with Gasteiger partial charge in [-0.05, 0) is 42.0 Å². The summed E-state index contributed by atoms with van der Waals surface area (Å²) in [5.74, 6) is -0.346. The van der Waals surface area contributed by atoms with Crippen molar-refractivity contribution in [2.45, 2.75) is 11.4 Å². The van der Waals surface area contributed by atoms with Gasteiger partial charge in [-0.15, -0.1) is 0 Å². The maximum atomic E-state index is 13.3. The topological polar surface area (TPSA) is 108 Å². The lowest BCUT2D eigenvalue weighted by atomic mass is 10.2. The number of nitrogens with one attached hydrogen (secondary N) is 2. The second-order valence-corrected chi connectivity index (χ2v) is 10.0. The molecular formula is C25H26N4O5S. The molecule has 0 aliphatic carbocycles. The van der Waals surface area contributed by atoms with Crippen LogP contribution in [0.4, 0.5) is 16.2 Å². The van der Waals surface area contributed by atoms with Gasteiger partial charge in [0.25, 0.3) is 5.91 Å². The van der Waals surface area contributed by atoms with Crippen LogP contribution < -0.4 is 20.3 Å². The Bertz CT molecular complexity index is 1340. The number of anilines is 2. The van der Waals surface area contributed by atoms with Crippen molar-refractivity contribution >= 4 is 33.3 Å². The molecule has 0 radical (unpaired) electrons. The maximum absolute atomic E-state index is 13.3. The number of benzene rings is 3. The molecule has 0 saturated carbocycles. The number of hydrogen-bond acceptors (Lipinski definition) is 5. The average Bonchev–Trinajstić information content (AvgIpc) is 3.30. The lowest BCUT2D eigenvalue weighted by molar-refractivity contribution is 0.102. The third-order valence-electron chi connectivity index (χ3n) is 5.63. The molecule has 1 saturated heterocycles. The summed E-state index contributed by atoms with van der Waals surface area (Å²) in [5.41, 5.74) is 2.12. The Hall–Kier alpha value is -3.89. The summed E-state index contributed by atoms with van der Waals surface area (Å²) in [5, 5.41) is 5.51. The van der Waals surface area contributed by atoms with Gasteiger partial charge in [-0.1, -0.05) is 36.4 Å². The molecule has 35 heavy (non-hydrogen) atoms. The number of amides is 3. The Morgan fingerprint density at radius 1 is 1.09 bits per heavy atom. The van der Waals surface area contributed by atoms with Gasteiger partial charge < -0.3 is 15.4 Å². The number of hydrogen-bond donors (Lipinski definition) is 2. The molecule has 0 aromatic heterocycles. The number of carbonyl (C=O) groups excluding carboxylic acids is 2. The SMILES string of the molecule is COc1ccc(C(=O)Nc2cccc(N3CCNC3=O)c2)cc1S(=O)(=O)N(C)Cc1ccccc1. The minimum Gasteiger partial charge on any atom is -0.495 e. The number of methoxy groups -OCH3 is 1. The fourth-order valence-electron chi connectivity index (χ4n) is 3.79. The van der Waals surface area contributed by atoms with Gasteiger partial charge in [0.15, 0.2) is 0 Å². The molecule has 182 valence electrons. The Morgan fingerprint density at radius 3 is 2.54 bits per heavy atom. The molecule has 1 aliphatic heterocycles. The molecule has 1 heterocycles. The summed E-state index contributed by atoms with van der Waals surface area (Å²) in [7, 11) is -1.09. The van der Waals surface area contributed by atoms with Crippen molar-refractivity contribution in [3.63, 3.8) is 0 Å². The summed E-state index contributed by atoms with van der Waals surface area (Å²) in [6, 6.07) is 20.2. The molecule has 2 N–H and O–H groups in total. The Labute approximate surface area is 204 Å². The number of nitrogens with zero attached hydrogens (tertiary/aromatic N) is 2. The van der Waals surface area contributed by atoms with E-state index in [0.29, 0.717) is 24.5 Å². The first-order chi connectivity index (χ1) is 16.8. The minimum atomic E-state index is -3.96. The van der Waals surface area contributed by atoms with Crippen molar-refractivity contribution in [3.8, 4) is 5.75 Å². The molecule has 10 heteroatoms. The first-order valence-corrected chi connectivity index (χ1v) is 12.4. The summed E-state index contributed by atoms with van der Waals surface area (Å²) >= 11 is 0. The van der Waals surface area contributed by atoms with Gasteiger partial charge in [0.2, 0.25) is 10.0 Å². The molecule has 3 aromatic rings. The van der Waals surface area contributed by atoms with Crippen LogP contribution in [-0.2, 0) is 16.6 Å². The molecule has 0 unspecified atom stereocenters. The fraction of sp³-hybridized carbons (Fsp3) is 0.200. The van der Waals surface area contributed by atoms with Crippen LogP contribution in [0.25, 0.3) is 0 Å². The molecule has 1 aliphatic rings. The highest BCUT2D eigenvalue weighted by Crippen LogP contribution is 2.29. The third kappa shape index (κ3) is 5.28. The molecule has 4 rings (SSSR count). The normalized spacial score (nSPS) is 13.6. The lowest BCUT2D eigenvalue weighted by Crippen LogP contribution is -2.27. The summed E-state index contributed by atoms with van der Waals surface area (Å²) in [4.78, 5) is 26.4. The van der Waals surface area contributed by atoms with E-state index < -0.39 is 15.9 Å². The molecule has 0 bridgehead atoms. The Balaban J connectivity index is 1.57. The van der Waals surface area contributed by atoms with Crippen molar-refractivity contribution < 1.29 is 22.7 Å². The first-order valence-electron chi connectivity index (χ1n) is 10.9. The second-order valence-electron chi connectivity index (χ2n) is 8.00. The van der Waals surface area contributed by atoms with E-state index in [9.17, 15) is 18.0 Å². The van der Waals surface area contributed by atoms with Crippen LogP contribution in [0.5, 0.6) is 5.75 Å². The molecule has 0 spiro atoms. The Morgan fingerprint density at radius 2 is 1.86 bits per heavy atom. The van der Waals surface area contributed by atoms with Crippen LogP contribution in [0.3, 0.4) is 0 Å². The van der Waals surface area contributed by atoms with E-state index in [1.807, 2.05) is 30.3 Å². The van der Waals surface area contributed by atoms with Crippen molar-refractivity contribution in [1.82, 2.24) is 9.62 Å². The third-order valence-corrected chi connectivity index (χ3v) is 7.46. The highest BCUT2D eigenvalue weighted by atomic mass is 32.2. The predicted octanol–water partition coefficient (Wildman–Crippen LogP) is 3.30.